The lowest BCUT2D eigenvalue weighted by atomic mass is 10.2. The zero-order valence-corrected chi connectivity index (χ0v) is 9.47. The topological polar surface area (TPSA) is 57.5 Å². The average molecular weight is 244 g/mol. The van der Waals surface area contributed by atoms with Gasteiger partial charge in [0.1, 0.15) is 5.82 Å². The van der Waals surface area contributed by atoms with Crippen molar-refractivity contribution in [1.29, 1.82) is 0 Å². The van der Waals surface area contributed by atoms with Crippen LogP contribution in [0.5, 0.6) is 0 Å². The number of hydrogen-bond donors (Lipinski definition) is 2. The fourth-order valence-electron chi connectivity index (χ4n) is 1.14. The highest BCUT2D eigenvalue weighted by molar-refractivity contribution is 7.99. The van der Waals surface area contributed by atoms with Crippen molar-refractivity contribution in [3.8, 4) is 0 Å². The van der Waals surface area contributed by atoms with Crippen molar-refractivity contribution >= 4 is 17.7 Å². The summed E-state index contributed by atoms with van der Waals surface area (Å²) in [7, 11) is 0. The summed E-state index contributed by atoms with van der Waals surface area (Å²) in [6.45, 7) is 0.123. The van der Waals surface area contributed by atoms with Gasteiger partial charge in [-0.15, -0.1) is 11.8 Å². The van der Waals surface area contributed by atoms with E-state index in [4.69, 9.17) is 10.2 Å². The van der Waals surface area contributed by atoms with Crippen molar-refractivity contribution in [3.63, 3.8) is 0 Å². The maximum absolute atomic E-state index is 13.3. The third kappa shape index (κ3) is 3.83. The van der Waals surface area contributed by atoms with Crippen LogP contribution in [-0.4, -0.2) is 28.5 Å². The fourth-order valence-corrected chi connectivity index (χ4v) is 2.13. The van der Waals surface area contributed by atoms with Gasteiger partial charge >= 0.3 is 5.97 Å². The Bertz CT molecular complexity index is 368. The number of aromatic carboxylic acids is 1. The number of rotatable bonds is 6. The Hall–Kier alpha value is -1.07. The van der Waals surface area contributed by atoms with Crippen LogP contribution in [0.4, 0.5) is 4.39 Å². The minimum absolute atomic E-state index is 0.0889. The highest BCUT2D eigenvalue weighted by atomic mass is 32.2. The first-order valence-corrected chi connectivity index (χ1v) is 5.90. The van der Waals surface area contributed by atoms with E-state index in [0.717, 1.165) is 12.5 Å². The first kappa shape index (κ1) is 13.0. The van der Waals surface area contributed by atoms with Crippen molar-refractivity contribution in [2.24, 2.45) is 0 Å². The van der Waals surface area contributed by atoms with Crippen LogP contribution in [0.15, 0.2) is 23.1 Å². The molecule has 0 aliphatic heterocycles. The summed E-state index contributed by atoms with van der Waals surface area (Å²) >= 11 is 1.27. The van der Waals surface area contributed by atoms with Crippen molar-refractivity contribution in [3.05, 3.63) is 29.6 Å². The molecule has 0 saturated carbocycles. The number of aliphatic hydroxyl groups excluding tert-OH is 1. The quantitative estimate of drug-likeness (QED) is 0.596. The van der Waals surface area contributed by atoms with Gasteiger partial charge in [-0.05, 0) is 36.8 Å². The van der Waals surface area contributed by atoms with E-state index >= 15 is 0 Å². The van der Waals surface area contributed by atoms with E-state index in [0.29, 0.717) is 17.1 Å². The summed E-state index contributed by atoms with van der Waals surface area (Å²) in [5.74, 6) is -0.795. The number of hydrogen-bond acceptors (Lipinski definition) is 3. The van der Waals surface area contributed by atoms with E-state index in [9.17, 15) is 9.18 Å². The minimum atomic E-state index is -1.06. The molecule has 0 unspecified atom stereocenters. The van der Waals surface area contributed by atoms with E-state index < -0.39 is 11.8 Å². The van der Waals surface area contributed by atoms with Crippen LogP contribution in [0, 0.1) is 5.82 Å². The number of aliphatic hydroxyl groups is 1. The molecule has 0 spiro atoms. The van der Waals surface area contributed by atoms with Crippen LogP contribution in [0.25, 0.3) is 0 Å². The third-order valence-electron chi connectivity index (χ3n) is 1.99. The van der Waals surface area contributed by atoms with Crippen LogP contribution >= 0.6 is 11.8 Å². The zero-order chi connectivity index (χ0) is 12.0. The number of carboxylic acids is 1. The molecule has 1 rings (SSSR count). The Labute approximate surface area is 97.3 Å². The van der Waals surface area contributed by atoms with Gasteiger partial charge in [-0.2, -0.15) is 0 Å². The summed E-state index contributed by atoms with van der Waals surface area (Å²) in [5, 5.41) is 17.3. The zero-order valence-electron chi connectivity index (χ0n) is 8.65. The van der Waals surface area contributed by atoms with Gasteiger partial charge in [-0.3, -0.25) is 0 Å². The molecule has 2 N–H and O–H groups in total. The molecule has 0 aliphatic rings. The van der Waals surface area contributed by atoms with E-state index in [1.165, 1.54) is 23.9 Å². The molecule has 5 heteroatoms. The molecule has 0 aromatic heterocycles. The SMILES string of the molecule is O=C(O)c1ccc(F)c(SCCCCO)c1. The lowest BCUT2D eigenvalue weighted by Gasteiger charge is -2.04. The van der Waals surface area contributed by atoms with Crippen LogP contribution in [0.2, 0.25) is 0 Å². The first-order chi connectivity index (χ1) is 7.65. The summed E-state index contributed by atoms with van der Waals surface area (Å²) < 4.78 is 13.3. The molecule has 3 nitrogen and oxygen atoms in total. The van der Waals surface area contributed by atoms with Crippen molar-refractivity contribution in [2.75, 3.05) is 12.4 Å². The Morgan fingerprint density at radius 2 is 2.12 bits per heavy atom. The number of benzene rings is 1. The van der Waals surface area contributed by atoms with Gasteiger partial charge in [0.2, 0.25) is 0 Å². The monoisotopic (exact) mass is 244 g/mol. The molecule has 0 bridgehead atoms. The summed E-state index contributed by atoms with van der Waals surface area (Å²) in [6, 6.07) is 3.74. The second-order valence-corrected chi connectivity index (χ2v) is 4.37. The summed E-state index contributed by atoms with van der Waals surface area (Å²) in [4.78, 5) is 11.0. The highest BCUT2D eigenvalue weighted by Gasteiger charge is 2.08. The van der Waals surface area contributed by atoms with Gasteiger partial charge in [-0.25, -0.2) is 9.18 Å². The van der Waals surface area contributed by atoms with Crippen molar-refractivity contribution in [2.45, 2.75) is 17.7 Å². The normalized spacial score (nSPS) is 10.4. The molecule has 0 fully saturated rings. The Balaban J connectivity index is 2.63. The third-order valence-corrected chi connectivity index (χ3v) is 3.10. The molecule has 0 saturated heterocycles. The Kier molecular flexibility index (Phi) is 5.28. The Morgan fingerprint density at radius 1 is 1.38 bits per heavy atom. The second kappa shape index (κ2) is 6.50. The maximum Gasteiger partial charge on any atom is 0.335 e. The van der Waals surface area contributed by atoms with Crippen LogP contribution in [0.1, 0.15) is 23.2 Å². The van der Waals surface area contributed by atoms with Gasteiger partial charge in [0.15, 0.2) is 0 Å². The van der Waals surface area contributed by atoms with Crippen molar-refractivity contribution in [1.82, 2.24) is 0 Å². The number of halogens is 1. The van der Waals surface area contributed by atoms with E-state index in [1.54, 1.807) is 0 Å². The van der Waals surface area contributed by atoms with Crippen LogP contribution in [0.3, 0.4) is 0 Å². The standard InChI is InChI=1S/C11H13FO3S/c12-9-4-3-8(11(14)15)7-10(9)16-6-2-1-5-13/h3-4,7,13H,1-2,5-6H2,(H,14,15). The van der Waals surface area contributed by atoms with Crippen molar-refractivity contribution < 1.29 is 19.4 Å². The molecule has 1 aromatic carbocycles. The molecule has 88 valence electrons. The molecule has 0 aliphatic carbocycles. The fraction of sp³-hybridized carbons (Fsp3) is 0.364. The molecular formula is C11H13FO3S. The lowest BCUT2D eigenvalue weighted by molar-refractivity contribution is 0.0696. The van der Waals surface area contributed by atoms with Crippen LogP contribution < -0.4 is 0 Å². The summed E-state index contributed by atoms with van der Waals surface area (Å²) in [6.07, 6.45) is 1.45. The molecule has 0 amide bonds. The van der Waals surface area contributed by atoms with Gasteiger partial charge in [-0.1, -0.05) is 0 Å². The smallest absolute Gasteiger partial charge is 0.335 e. The molecule has 16 heavy (non-hydrogen) atoms. The van der Waals surface area contributed by atoms with E-state index in [2.05, 4.69) is 0 Å². The van der Waals surface area contributed by atoms with E-state index in [1.807, 2.05) is 0 Å². The predicted octanol–water partition coefficient (Wildman–Crippen LogP) is 2.39. The average Bonchev–Trinajstić information content (AvgIpc) is 2.26. The maximum atomic E-state index is 13.3. The summed E-state index contributed by atoms with van der Waals surface area (Å²) in [5.41, 5.74) is 0.0889. The predicted molar refractivity (Wildman–Crippen MR) is 60.4 cm³/mol. The van der Waals surface area contributed by atoms with Crippen LogP contribution in [-0.2, 0) is 0 Å². The minimum Gasteiger partial charge on any atom is -0.478 e. The van der Waals surface area contributed by atoms with Gasteiger partial charge in [0, 0.05) is 11.5 Å². The molecule has 0 heterocycles. The lowest BCUT2D eigenvalue weighted by Crippen LogP contribution is -1.97. The molecular weight excluding hydrogens is 231 g/mol. The number of thioether (sulfide) groups is 1. The van der Waals surface area contributed by atoms with Gasteiger partial charge < -0.3 is 10.2 Å². The number of carboxylic acid groups (broad SMARTS) is 1. The highest BCUT2D eigenvalue weighted by Crippen LogP contribution is 2.24. The number of unbranched alkanes of at least 4 members (excludes halogenated alkanes) is 1. The van der Waals surface area contributed by atoms with E-state index in [-0.39, 0.29) is 12.2 Å². The van der Waals surface area contributed by atoms with Gasteiger partial charge in [0.05, 0.1) is 5.56 Å². The number of carbonyl (C=O) groups is 1. The molecule has 0 atom stereocenters. The molecule has 0 radical (unpaired) electrons. The largest absolute Gasteiger partial charge is 0.478 e. The van der Waals surface area contributed by atoms with Gasteiger partial charge in [0.25, 0.3) is 0 Å². The molecule has 1 aromatic rings. The second-order valence-electron chi connectivity index (χ2n) is 3.23. The Morgan fingerprint density at radius 3 is 2.75 bits per heavy atom. The first-order valence-electron chi connectivity index (χ1n) is 4.91.